The number of halogens is 1. The third-order valence-electron chi connectivity index (χ3n) is 7.47. The number of anilines is 1. The fourth-order valence-electron chi connectivity index (χ4n) is 5.78. The number of benzene rings is 1. The Morgan fingerprint density at radius 1 is 1.03 bits per heavy atom. The molecule has 0 saturated carbocycles. The number of hydrogen-bond donors (Lipinski definition) is 0. The third-order valence-corrected chi connectivity index (χ3v) is 7.47. The summed E-state index contributed by atoms with van der Waals surface area (Å²) in [5.41, 5.74) is 1.03. The summed E-state index contributed by atoms with van der Waals surface area (Å²) >= 11 is 0. The highest BCUT2D eigenvalue weighted by atomic mass is 19.1. The molecule has 0 radical (unpaired) electrons. The van der Waals surface area contributed by atoms with Crippen LogP contribution in [-0.2, 0) is 9.53 Å². The van der Waals surface area contributed by atoms with E-state index in [0.717, 1.165) is 84.2 Å². The Hall–Kier alpha value is -1.70. The Kier molecular flexibility index (Phi) is 8.61. The monoisotopic (exact) mass is 460 g/mol. The van der Waals surface area contributed by atoms with Crippen LogP contribution in [-0.4, -0.2) is 98.8 Å². The van der Waals surface area contributed by atoms with Gasteiger partial charge in [-0.25, -0.2) is 4.39 Å². The van der Waals surface area contributed by atoms with E-state index in [1.807, 2.05) is 17.0 Å². The number of amides is 1. The molecular formula is C26H41FN4O2. The first kappa shape index (κ1) is 24.4. The van der Waals surface area contributed by atoms with E-state index in [1.165, 1.54) is 18.6 Å². The van der Waals surface area contributed by atoms with Crippen LogP contribution in [0.15, 0.2) is 24.3 Å². The molecular weight excluding hydrogens is 419 g/mol. The van der Waals surface area contributed by atoms with Crippen molar-refractivity contribution in [1.82, 2.24) is 14.7 Å². The van der Waals surface area contributed by atoms with Crippen LogP contribution >= 0.6 is 0 Å². The van der Waals surface area contributed by atoms with Crippen molar-refractivity contribution in [3.05, 3.63) is 30.1 Å². The molecule has 3 aliphatic heterocycles. The summed E-state index contributed by atoms with van der Waals surface area (Å²) in [7, 11) is 0. The molecule has 1 aromatic carbocycles. The first-order chi connectivity index (χ1) is 16.0. The maximum Gasteiger partial charge on any atom is 0.222 e. The van der Waals surface area contributed by atoms with E-state index in [2.05, 4.69) is 28.5 Å². The minimum Gasteiger partial charge on any atom is -0.379 e. The second-order valence-electron chi connectivity index (χ2n) is 10.3. The molecule has 0 unspecified atom stereocenters. The lowest BCUT2D eigenvalue weighted by Gasteiger charge is -2.45. The van der Waals surface area contributed by atoms with Crippen LogP contribution in [0.1, 0.15) is 33.1 Å². The minimum atomic E-state index is -0.211. The molecule has 7 heteroatoms. The number of carbonyl (C=O) groups excluding carboxylic acids is 1. The normalized spacial score (nSPS) is 25.6. The molecule has 0 spiro atoms. The van der Waals surface area contributed by atoms with Gasteiger partial charge < -0.3 is 19.4 Å². The van der Waals surface area contributed by atoms with Gasteiger partial charge in [0.15, 0.2) is 0 Å². The predicted molar refractivity (Wildman–Crippen MR) is 130 cm³/mol. The maximum absolute atomic E-state index is 13.2. The summed E-state index contributed by atoms with van der Waals surface area (Å²) in [5.74, 6) is 1.29. The van der Waals surface area contributed by atoms with Crippen molar-refractivity contribution < 1.29 is 13.9 Å². The van der Waals surface area contributed by atoms with E-state index in [9.17, 15) is 9.18 Å². The summed E-state index contributed by atoms with van der Waals surface area (Å²) in [6.07, 6.45) is 2.80. The van der Waals surface area contributed by atoms with Gasteiger partial charge in [-0.05, 0) is 55.5 Å². The summed E-state index contributed by atoms with van der Waals surface area (Å²) < 4.78 is 18.8. The maximum atomic E-state index is 13.2. The second-order valence-corrected chi connectivity index (χ2v) is 10.3. The van der Waals surface area contributed by atoms with Crippen molar-refractivity contribution in [2.75, 3.05) is 77.0 Å². The van der Waals surface area contributed by atoms with E-state index >= 15 is 0 Å². The Morgan fingerprint density at radius 2 is 1.73 bits per heavy atom. The summed E-state index contributed by atoms with van der Waals surface area (Å²) in [4.78, 5) is 22.6. The lowest BCUT2D eigenvalue weighted by molar-refractivity contribution is -0.132. The van der Waals surface area contributed by atoms with E-state index < -0.39 is 0 Å². The number of likely N-dealkylation sites (tertiary alicyclic amines) is 1. The van der Waals surface area contributed by atoms with Crippen molar-refractivity contribution in [1.29, 1.82) is 0 Å². The van der Waals surface area contributed by atoms with Crippen molar-refractivity contribution in [2.24, 2.45) is 11.8 Å². The summed E-state index contributed by atoms with van der Waals surface area (Å²) in [5, 5.41) is 0. The zero-order chi connectivity index (χ0) is 23.2. The van der Waals surface area contributed by atoms with Crippen LogP contribution in [0.4, 0.5) is 10.1 Å². The number of rotatable bonds is 7. The Morgan fingerprint density at radius 3 is 2.39 bits per heavy atom. The molecule has 3 heterocycles. The fourth-order valence-corrected chi connectivity index (χ4v) is 5.78. The molecule has 33 heavy (non-hydrogen) atoms. The highest BCUT2D eigenvalue weighted by Gasteiger charge is 2.34. The Bertz CT molecular complexity index is 745. The summed E-state index contributed by atoms with van der Waals surface area (Å²) in [6, 6.07) is 7.23. The average molecular weight is 461 g/mol. The topological polar surface area (TPSA) is 39.3 Å². The Labute approximate surface area is 198 Å². The molecule has 2 atom stereocenters. The van der Waals surface area contributed by atoms with Gasteiger partial charge in [0.1, 0.15) is 5.82 Å². The highest BCUT2D eigenvalue weighted by Crippen LogP contribution is 2.28. The average Bonchev–Trinajstić information content (AvgIpc) is 2.83. The molecule has 6 nitrogen and oxygen atoms in total. The van der Waals surface area contributed by atoms with Crippen LogP contribution in [0.25, 0.3) is 0 Å². The number of hydrogen-bond acceptors (Lipinski definition) is 5. The van der Waals surface area contributed by atoms with Crippen LogP contribution in [0.3, 0.4) is 0 Å². The molecule has 0 N–H and O–H groups in total. The third kappa shape index (κ3) is 6.67. The van der Waals surface area contributed by atoms with Crippen molar-refractivity contribution in [3.8, 4) is 0 Å². The molecule has 0 aliphatic carbocycles. The van der Waals surface area contributed by atoms with Gasteiger partial charge in [0.2, 0.25) is 5.91 Å². The molecule has 3 saturated heterocycles. The van der Waals surface area contributed by atoms with Gasteiger partial charge in [-0.1, -0.05) is 13.8 Å². The number of ether oxygens (including phenoxy) is 1. The van der Waals surface area contributed by atoms with E-state index in [-0.39, 0.29) is 11.7 Å². The molecule has 0 aromatic heterocycles. The standard InChI is InChI=1S/C26H41FN4O2/c1-21(2)19-28-10-9-25(30-15-17-33-18-16-30)22(20-28)3-8-26(32)31-13-11-29(12-14-31)24-6-4-23(27)5-7-24/h4-7,21-22,25H,3,8-20H2,1-2H3/t22-,25+/m0/s1. The first-order valence-corrected chi connectivity index (χ1v) is 12.8. The van der Waals surface area contributed by atoms with Gasteiger partial charge in [0, 0.05) is 70.5 Å². The van der Waals surface area contributed by atoms with E-state index in [0.29, 0.717) is 24.3 Å². The molecule has 1 aromatic rings. The fraction of sp³-hybridized carbons (Fsp3) is 0.731. The number of morpholine rings is 1. The molecule has 1 amide bonds. The van der Waals surface area contributed by atoms with Crippen LogP contribution < -0.4 is 4.90 Å². The van der Waals surface area contributed by atoms with Gasteiger partial charge in [0.25, 0.3) is 0 Å². The van der Waals surface area contributed by atoms with Crippen molar-refractivity contribution in [2.45, 2.75) is 39.2 Å². The van der Waals surface area contributed by atoms with E-state index in [1.54, 1.807) is 0 Å². The van der Waals surface area contributed by atoms with Crippen LogP contribution in [0.5, 0.6) is 0 Å². The van der Waals surface area contributed by atoms with E-state index in [4.69, 9.17) is 4.74 Å². The molecule has 184 valence electrons. The number of piperidine rings is 1. The van der Waals surface area contributed by atoms with Gasteiger partial charge in [-0.3, -0.25) is 9.69 Å². The molecule has 0 bridgehead atoms. The van der Waals surface area contributed by atoms with Gasteiger partial charge in [-0.15, -0.1) is 0 Å². The van der Waals surface area contributed by atoms with Gasteiger partial charge in [0.05, 0.1) is 13.2 Å². The molecule has 3 aliphatic rings. The number of carbonyl (C=O) groups is 1. The van der Waals surface area contributed by atoms with Crippen LogP contribution in [0.2, 0.25) is 0 Å². The molecule has 3 fully saturated rings. The SMILES string of the molecule is CC(C)CN1CC[C@@H](N2CCOCC2)[C@@H](CCC(=O)N2CCN(c3ccc(F)cc3)CC2)C1. The van der Waals surface area contributed by atoms with Crippen molar-refractivity contribution in [3.63, 3.8) is 0 Å². The first-order valence-electron chi connectivity index (χ1n) is 12.8. The zero-order valence-corrected chi connectivity index (χ0v) is 20.4. The lowest BCUT2D eigenvalue weighted by atomic mass is 9.86. The zero-order valence-electron chi connectivity index (χ0n) is 20.4. The number of piperazine rings is 1. The quantitative estimate of drug-likeness (QED) is 0.626. The second kappa shape index (κ2) is 11.6. The summed E-state index contributed by atoms with van der Waals surface area (Å²) in [6.45, 7) is 14.8. The largest absolute Gasteiger partial charge is 0.379 e. The highest BCUT2D eigenvalue weighted by molar-refractivity contribution is 5.76. The number of nitrogens with zero attached hydrogens (tertiary/aromatic N) is 4. The smallest absolute Gasteiger partial charge is 0.222 e. The molecule has 4 rings (SSSR count). The predicted octanol–water partition coefficient (Wildman–Crippen LogP) is 2.93. The van der Waals surface area contributed by atoms with Gasteiger partial charge in [-0.2, -0.15) is 0 Å². The van der Waals surface area contributed by atoms with Crippen molar-refractivity contribution >= 4 is 11.6 Å². The van der Waals surface area contributed by atoms with Crippen LogP contribution in [0, 0.1) is 17.7 Å². The lowest BCUT2D eigenvalue weighted by Crippen LogP contribution is -2.54. The Balaban J connectivity index is 1.29. The van der Waals surface area contributed by atoms with Gasteiger partial charge >= 0.3 is 0 Å². The minimum absolute atomic E-state index is 0.211.